The van der Waals surface area contributed by atoms with Gasteiger partial charge in [-0.05, 0) is 42.3 Å². The number of carbonyl (C=O) groups is 6. The molecule has 12 N–H and O–H groups in total. The van der Waals surface area contributed by atoms with Crippen LogP contribution in [0.15, 0.2) is 93.6 Å². The first-order chi connectivity index (χ1) is 43.8. The lowest BCUT2D eigenvalue weighted by atomic mass is 10.00. The van der Waals surface area contributed by atoms with E-state index in [9.17, 15) is 54.6 Å². The Morgan fingerprint density at radius 1 is 0.692 bits per heavy atom. The highest BCUT2D eigenvalue weighted by Gasteiger charge is 2.46. The topological polar surface area (TPSA) is 401 Å². The number of ether oxygens (including phenoxy) is 1. The summed E-state index contributed by atoms with van der Waals surface area (Å²) in [5.41, 5.74) is 8.30. The summed E-state index contributed by atoms with van der Waals surface area (Å²) in [5.74, 6) is -4.75. The van der Waals surface area contributed by atoms with E-state index in [4.69, 9.17) is 30.4 Å². The van der Waals surface area contributed by atoms with E-state index >= 15 is 4.79 Å². The molecule has 470 valence electrons. The molecule has 11 atom stereocenters. The maximum Gasteiger partial charge on any atom is 0.271 e. The second-order valence-corrected chi connectivity index (χ2v) is 27.2. The number of thiazole rings is 6. The quantitative estimate of drug-likeness (QED) is 0.0849. The van der Waals surface area contributed by atoms with Gasteiger partial charge < -0.3 is 67.3 Å². The van der Waals surface area contributed by atoms with Gasteiger partial charge in [0, 0.05) is 62.8 Å². The standard InChI is InChI=1S/C59H55N13O13S6/c1-24-38(75)17-72-45(24)58-69-37(23-90-58)55-65-33(19-87-55)43-29(12-13-30(62-43)54-67-34(20-88-54)49(80)61-16-39-47(78)48(79)40(18-73)85-39)53-66-35(21-86-53)50(81)63-31(15-41(60)76)56-71-42(25(2)91-56)52(83)70-44(46(77)27-6-4-3-5-7-27)57-68-36(22-89-57)51(82)64-32(59(72)84)14-26-8-10-28(74)11-9-26/h3-13,19-24,31-32,38-40,44-48,73-75,77-79H,14-18H2,1-2H3,(H2,60,76)(H,61,80)(H,63,81)(H,64,82)(H,70,83)/t24-,31-,32-,38-,39-,40-,44-,45-,46+,47-,48-/m0/s1. The van der Waals surface area contributed by atoms with Crippen molar-refractivity contribution in [2.24, 2.45) is 11.7 Å². The maximum atomic E-state index is 15.2. The van der Waals surface area contributed by atoms with Gasteiger partial charge in [0.05, 0.1) is 36.9 Å². The van der Waals surface area contributed by atoms with Crippen LogP contribution in [0.5, 0.6) is 5.75 Å². The Balaban J connectivity index is 0.927. The number of aromatic nitrogens is 7. The molecule has 0 unspecified atom stereocenters. The third-order valence-corrected chi connectivity index (χ3v) is 21.1. The second kappa shape index (κ2) is 26.5. The summed E-state index contributed by atoms with van der Waals surface area (Å²) >= 11 is 6.72. The molecule has 0 spiro atoms. The lowest BCUT2D eigenvalue weighted by Gasteiger charge is -2.29. The molecule has 2 saturated heterocycles. The van der Waals surface area contributed by atoms with Crippen LogP contribution in [-0.2, 0) is 20.7 Å². The van der Waals surface area contributed by atoms with Gasteiger partial charge in [-0.25, -0.2) is 34.9 Å². The number of phenolic OH excluding ortho intramolecular Hbond substituents is 1. The van der Waals surface area contributed by atoms with Gasteiger partial charge in [0.15, 0.2) is 0 Å². The van der Waals surface area contributed by atoms with E-state index in [0.29, 0.717) is 64.4 Å². The monoisotopic (exact) mass is 1350 g/mol. The van der Waals surface area contributed by atoms with Crippen molar-refractivity contribution < 1.29 is 64.1 Å². The first-order valence-electron chi connectivity index (χ1n) is 28.2. The zero-order valence-corrected chi connectivity index (χ0v) is 52.7. The van der Waals surface area contributed by atoms with Gasteiger partial charge >= 0.3 is 0 Å². The van der Waals surface area contributed by atoms with Gasteiger partial charge in [0.2, 0.25) is 11.8 Å². The van der Waals surface area contributed by atoms with E-state index < -0.39 is 115 Å². The van der Waals surface area contributed by atoms with Crippen LogP contribution in [0.1, 0.15) is 111 Å². The molecule has 91 heavy (non-hydrogen) atoms. The van der Waals surface area contributed by atoms with E-state index in [1.165, 1.54) is 55.8 Å². The minimum absolute atomic E-state index is 0.0155. The molecular weight excluding hydrogens is 1290 g/mol. The number of amides is 6. The van der Waals surface area contributed by atoms with Crippen LogP contribution in [-0.4, -0.2) is 162 Å². The van der Waals surface area contributed by atoms with Crippen molar-refractivity contribution in [2.75, 3.05) is 19.7 Å². The normalized spacial score (nSPS) is 23.2. The number of hydrogen-bond donors (Lipinski definition) is 11. The van der Waals surface area contributed by atoms with Crippen molar-refractivity contribution in [3.8, 4) is 49.1 Å². The van der Waals surface area contributed by atoms with E-state index in [0.717, 1.165) is 45.3 Å². The molecular formula is C59H55N13O13S6. The SMILES string of the molecule is Cc1sc2nc1C(=O)N[C@@H]([C@H](O)c1ccccc1)c1nc(cs1)C(=O)N[C@@H](Cc1ccc(O)cc1)C(=O)N1C[C@H](O)[C@H](C)[C@H]1c1nc(cs1)-c1nc(cs1)-c1nc(-c3nc(C(=O)NC[C@@H]4O[C@@H](CO)[C@H](O)[C@H]4O)cs3)ccc1-c1nc(cs1)C(=O)N[C@H]2CC(N)=O. The Bertz CT molecular complexity index is 4210. The number of aryl methyl sites for hydroxylation is 1. The number of aliphatic hydroxyl groups is 5. The average Bonchev–Trinajstić information content (AvgIpc) is 1.69. The minimum atomic E-state index is -1.43. The largest absolute Gasteiger partial charge is 0.508 e. The molecule has 12 rings (SSSR count). The number of aromatic hydroxyl groups is 1. The third-order valence-electron chi connectivity index (χ3n) is 15.6. The van der Waals surface area contributed by atoms with Gasteiger partial charge in [0.1, 0.15) is 118 Å². The number of nitrogens with one attached hydrogen (secondary N) is 4. The summed E-state index contributed by atoms with van der Waals surface area (Å²) in [6.07, 6.45) is -7.60. The number of pyridine rings is 1. The first-order valence-corrected chi connectivity index (χ1v) is 33.4. The lowest BCUT2D eigenvalue weighted by Crippen LogP contribution is -2.50. The predicted octanol–water partition coefficient (Wildman–Crippen LogP) is 4.50. The number of aliphatic hydroxyl groups excluding tert-OH is 5. The van der Waals surface area contributed by atoms with Gasteiger partial charge in [0.25, 0.3) is 23.6 Å². The van der Waals surface area contributed by atoms with Crippen LogP contribution in [0.2, 0.25) is 0 Å². The fourth-order valence-corrected chi connectivity index (χ4v) is 16.0. The highest BCUT2D eigenvalue weighted by Crippen LogP contribution is 2.43. The fraction of sp³-hybridized carbons (Fsp3) is 0.305. The summed E-state index contributed by atoms with van der Waals surface area (Å²) < 4.78 is 5.51. The summed E-state index contributed by atoms with van der Waals surface area (Å²) in [6, 6.07) is 13.5. The highest BCUT2D eigenvalue weighted by atomic mass is 32.1. The van der Waals surface area contributed by atoms with Crippen LogP contribution in [0.4, 0.5) is 0 Å². The Morgan fingerprint density at radius 3 is 2.09 bits per heavy atom. The molecule has 2 fully saturated rings. The molecule has 3 aliphatic rings. The van der Waals surface area contributed by atoms with Crippen LogP contribution in [0.3, 0.4) is 0 Å². The van der Waals surface area contributed by atoms with E-state index in [2.05, 4.69) is 36.2 Å². The molecule has 0 radical (unpaired) electrons. The van der Waals surface area contributed by atoms with Crippen molar-refractivity contribution in [1.82, 2.24) is 61.1 Å². The molecule has 0 saturated carbocycles. The van der Waals surface area contributed by atoms with Crippen LogP contribution in [0, 0.1) is 12.8 Å². The van der Waals surface area contributed by atoms with Crippen LogP contribution in [0.25, 0.3) is 43.4 Å². The van der Waals surface area contributed by atoms with E-state index in [-0.39, 0.29) is 58.1 Å². The maximum absolute atomic E-state index is 15.2. The fourth-order valence-electron chi connectivity index (χ4n) is 10.7. The zero-order chi connectivity index (χ0) is 63.9. The van der Waals surface area contributed by atoms with Crippen LogP contribution >= 0.6 is 68.0 Å². The molecule has 6 amide bonds. The number of rotatable bonds is 11. The number of fused-ring (bicyclic) bond motifs is 16. The smallest absolute Gasteiger partial charge is 0.271 e. The van der Waals surface area contributed by atoms with Crippen LogP contribution < -0.4 is 27.0 Å². The molecule has 3 aliphatic heterocycles. The van der Waals surface area contributed by atoms with E-state index in [1.54, 1.807) is 79.2 Å². The number of hydrogen-bond acceptors (Lipinski definition) is 26. The van der Waals surface area contributed by atoms with Crippen molar-refractivity contribution >= 4 is 103 Å². The van der Waals surface area contributed by atoms with Gasteiger partial charge in [-0.2, -0.15) is 0 Å². The number of benzene rings is 2. The third kappa shape index (κ3) is 13.2. The number of primary amides is 1. The summed E-state index contributed by atoms with van der Waals surface area (Å²) in [6.45, 7) is 2.59. The average molecular weight is 1350 g/mol. The molecule has 2 aromatic carbocycles. The molecule has 32 heteroatoms. The molecule has 7 aromatic heterocycles. The Hall–Kier alpha value is -8.25. The molecule has 0 aliphatic carbocycles. The summed E-state index contributed by atoms with van der Waals surface area (Å²) in [5, 5.41) is 84.9. The van der Waals surface area contributed by atoms with Crippen molar-refractivity contribution in [3.05, 3.63) is 147 Å². The second-order valence-electron chi connectivity index (χ2n) is 21.7. The summed E-state index contributed by atoms with van der Waals surface area (Å²) in [4.78, 5) is 120. The number of nitrogens with two attached hydrogens (primary N) is 1. The number of nitrogens with zero attached hydrogens (tertiary/aromatic N) is 8. The summed E-state index contributed by atoms with van der Waals surface area (Å²) in [7, 11) is 0. The van der Waals surface area contributed by atoms with Crippen molar-refractivity contribution in [2.45, 2.75) is 87.5 Å². The number of phenols is 1. The van der Waals surface area contributed by atoms with Gasteiger partial charge in [-0.3, -0.25) is 28.8 Å². The number of carbonyl (C=O) groups excluding carboxylic acids is 6. The van der Waals surface area contributed by atoms with E-state index in [1.807, 2.05) is 0 Å². The Labute approximate surface area is 540 Å². The van der Waals surface area contributed by atoms with Gasteiger partial charge in [-0.1, -0.05) is 49.4 Å². The Morgan fingerprint density at radius 2 is 1.34 bits per heavy atom. The van der Waals surface area contributed by atoms with Gasteiger partial charge in [-0.15, -0.1) is 68.0 Å². The lowest BCUT2D eigenvalue weighted by molar-refractivity contribution is -0.134. The predicted molar refractivity (Wildman–Crippen MR) is 336 cm³/mol. The highest BCUT2D eigenvalue weighted by molar-refractivity contribution is 7.15. The minimum Gasteiger partial charge on any atom is -0.508 e. The molecule has 10 bridgehead atoms. The van der Waals surface area contributed by atoms with Crippen molar-refractivity contribution in [1.29, 1.82) is 0 Å². The Kier molecular flexibility index (Phi) is 18.3. The molecule has 10 heterocycles. The zero-order valence-electron chi connectivity index (χ0n) is 47.8. The van der Waals surface area contributed by atoms with Crippen molar-refractivity contribution in [3.63, 3.8) is 0 Å². The first kappa shape index (κ1) is 62.9. The molecule has 9 aromatic rings. The molecule has 26 nitrogen and oxygen atoms in total.